The zero-order chi connectivity index (χ0) is 23.8. The number of nitrogens with one attached hydrogen (secondary N) is 1. The van der Waals surface area contributed by atoms with Gasteiger partial charge in [0.15, 0.2) is 0 Å². The maximum atomic E-state index is 11.6. The van der Waals surface area contributed by atoms with Crippen LogP contribution in [0.5, 0.6) is 0 Å². The molecule has 1 amide bonds. The summed E-state index contributed by atoms with van der Waals surface area (Å²) in [5.74, 6) is -0.324. The highest BCUT2D eigenvalue weighted by molar-refractivity contribution is 7.85. The van der Waals surface area contributed by atoms with Crippen molar-refractivity contribution >= 4 is 16.0 Å². The lowest BCUT2D eigenvalue weighted by Crippen LogP contribution is -2.25. The van der Waals surface area contributed by atoms with Gasteiger partial charge in [-0.3, -0.25) is 9.35 Å². The zero-order valence-corrected chi connectivity index (χ0v) is 21.9. The summed E-state index contributed by atoms with van der Waals surface area (Å²) in [6, 6.07) is 0. The first-order valence-electron chi connectivity index (χ1n) is 13.7. The van der Waals surface area contributed by atoms with E-state index in [1.165, 1.54) is 116 Å². The van der Waals surface area contributed by atoms with E-state index < -0.39 is 10.1 Å². The van der Waals surface area contributed by atoms with Gasteiger partial charge in [0.2, 0.25) is 5.91 Å². The molecule has 0 aliphatic rings. The summed E-state index contributed by atoms with van der Waals surface area (Å²) < 4.78 is 29.8. The Morgan fingerprint density at radius 2 is 0.938 bits per heavy atom. The average molecular weight is 476 g/mol. The van der Waals surface area contributed by atoms with Gasteiger partial charge in [0, 0.05) is 13.0 Å². The predicted octanol–water partition coefficient (Wildman–Crippen LogP) is 7.59. The van der Waals surface area contributed by atoms with E-state index in [1.807, 2.05) is 0 Å². The first-order valence-corrected chi connectivity index (χ1v) is 15.3. The highest BCUT2D eigenvalue weighted by atomic mass is 32.2. The Morgan fingerprint density at radius 3 is 1.28 bits per heavy atom. The van der Waals surface area contributed by atoms with E-state index in [1.54, 1.807) is 0 Å². The van der Waals surface area contributed by atoms with Crippen molar-refractivity contribution < 1.29 is 17.8 Å². The van der Waals surface area contributed by atoms with Crippen LogP contribution in [0.2, 0.25) is 0 Å². The Hall–Kier alpha value is -0.620. The quantitative estimate of drug-likeness (QED) is 0.105. The van der Waals surface area contributed by atoms with Gasteiger partial charge in [-0.1, -0.05) is 129 Å². The van der Waals surface area contributed by atoms with Crippen LogP contribution in [0.1, 0.15) is 148 Å². The molecular formula is C26H53NO4S. The number of carbonyl (C=O) groups is 1. The van der Waals surface area contributed by atoms with E-state index in [4.69, 9.17) is 4.55 Å². The SMILES string of the molecule is CCCCCCCCCCCCCCCCCCCCCCC(=O)NCCCS(=O)(=O)O. The van der Waals surface area contributed by atoms with Crippen molar-refractivity contribution in [2.24, 2.45) is 0 Å². The van der Waals surface area contributed by atoms with Crippen LogP contribution in [0, 0.1) is 0 Å². The Labute approximate surface area is 199 Å². The first-order chi connectivity index (χ1) is 15.5. The molecule has 0 aliphatic carbocycles. The number of amides is 1. The second-order valence-corrected chi connectivity index (χ2v) is 11.0. The monoisotopic (exact) mass is 475 g/mol. The smallest absolute Gasteiger partial charge is 0.264 e. The molecular weight excluding hydrogens is 422 g/mol. The second-order valence-electron chi connectivity index (χ2n) is 9.46. The van der Waals surface area contributed by atoms with Gasteiger partial charge in [0.25, 0.3) is 10.1 Å². The Morgan fingerprint density at radius 1 is 0.594 bits per heavy atom. The molecule has 0 saturated carbocycles. The Bertz CT molecular complexity index is 508. The summed E-state index contributed by atoms with van der Waals surface area (Å²) in [4.78, 5) is 11.6. The van der Waals surface area contributed by atoms with E-state index in [2.05, 4.69) is 12.2 Å². The molecule has 0 saturated heterocycles. The zero-order valence-electron chi connectivity index (χ0n) is 21.1. The highest BCUT2D eigenvalue weighted by Crippen LogP contribution is 2.15. The van der Waals surface area contributed by atoms with Crippen LogP contribution in [0.25, 0.3) is 0 Å². The lowest BCUT2D eigenvalue weighted by Gasteiger charge is -2.05. The fourth-order valence-corrected chi connectivity index (χ4v) is 4.62. The minimum absolute atomic E-state index is 0.0252. The summed E-state index contributed by atoms with van der Waals surface area (Å²) in [6.07, 6.45) is 27.6. The van der Waals surface area contributed by atoms with E-state index in [-0.39, 0.29) is 18.1 Å². The van der Waals surface area contributed by atoms with Gasteiger partial charge in [-0.05, 0) is 12.8 Å². The largest absolute Gasteiger partial charge is 0.356 e. The minimum atomic E-state index is -3.92. The number of rotatable bonds is 25. The molecule has 0 aromatic rings. The van der Waals surface area contributed by atoms with Crippen LogP contribution in [0.4, 0.5) is 0 Å². The van der Waals surface area contributed by atoms with Gasteiger partial charge in [-0.25, -0.2) is 0 Å². The standard InChI is InChI=1S/C26H53NO4S/c1-2-3-4-5-6-7-8-9-10-11-12-13-14-15-16-17-18-19-20-21-23-26(28)27-24-22-25-32(29,30)31/h2-25H2,1H3,(H,27,28)(H,29,30,31). The molecule has 0 aromatic carbocycles. The molecule has 2 N–H and O–H groups in total. The normalized spacial score (nSPS) is 11.7. The van der Waals surface area contributed by atoms with Crippen LogP contribution in [-0.4, -0.2) is 31.2 Å². The topological polar surface area (TPSA) is 83.5 Å². The Kier molecular flexibility index (Phi) is 23.1. The molecule has 0 unspecified atom stereocenters. The van der Waals surface area contributed by atoms with Gasteiger partial charge < -0.3 is 5.32 Å². The van der Waals surface area contributed by atoms with E-state index in [9.17, 15) is 13.2 Å². The number of unbranched alkanes of at least 4 members (excludes halogenated alkanes) is 19. The molecule has 0 bridgehead atoms. The third-order valence-corrected chi connectivity index (χ3v) is 6.96. The second kappa shape index (κ2) is 23.5. The molecule has 6 heteroatoms. The van der Waals surface area contributed by atoms with E-state index in [0.717, 1.165) is 12.8 Å². The predicted molar refractivity (Wildman–Crippen MR) is 137 cm³/mol. The van der Waals surface area contributed by atoms with Gasteiger partial charge >= 0.3 is 0 Å². The third kappa shape index (κ3) is 27.4. The molecule has 0 fully saturated rings. The van der Waals surface area contributed by atoms with Gasteiger partial charge in [-0.15, -0.1) is 0 Å². The fourth-order valence-electron chi connectivity index (χ4n) is 4.11. The van der Waals surface area contributed by atoms with Crippen LogP contribution < -0.4 is 5.32 Å². The fraction of sp³-hybridized carbons (Fsp3) is 0.962. The van der Waals surface area contributed by atoms with Gasteiger partial charge in [-0.2, -0.15) is 8.42 Å². The molecule has 0 aromatic heterocycles. The molecule has 5 nitrogen and oxygen atoms in total. The highest BCUT2D eigenvalue weighted by Gasteiger charge is 2.05. The van der Waals surface area contributed by atoms with Crippen LogP contribution >= 0.6 is 0 Å². The van der Waals surface area contributed by atoms with Crippen LogP contribution in [-0.2, 0) is 14.9 Å². The maximum absolute atomic E-state index is 11.6. The summed E-state index contributed by atoms with van der Waals surface area (Å²) in [7, 11) is -3.92. The van der Waals surface area contributed by atoms with Crippen molar-refractivity contribution in [3.63, 3.8) is 0 Å². The summed E-state index contributed by atoms with van der Waals surface area (Å²) in [5.41, 5.74) is 0. The minimum Gasteiger partial charge on any atom is -0.356 e. The third-order valence-electron chi connectivity index (χ3n) is 6.16. The molecule has 0 atom stereocenters. The van der Waals surface area contributed by atoms with Crippen LogP contribution in [0.15, 0.2) is 0 Å². The molecule has 0 spiro atoms. The van der Waals surface area contributed by atoms with E-state index >= 15 is 0 Å². The van der Waals surface area contributed by atoms with Gasteiger partial charge in [0.1, 0.15) is 0 Å². The van der Waals surface area contributed by atoms with E-state index in [0.29, 0.717) is 13.0 Å². The van der Waals surface area contributed by atoms with Crippen molar-refractivity contribution in [2.75, 3.05) is 12.3 Å². The Balaban J connectivity index is 3.15. The van der Waals surface area contributed by atoms with Crippen molar-refractivity contribution in [1.82, 2.24) is 5.32 Å². The lowest BCUT2D eigenvalue weighted by atomic mass is 10.0. The number of carbonyl (C=O) groups excluding carboxylic acids is 1. The summed E-state index contributed by atoms with van der Waals surface area (Å²) >= 11 is 0. The molecule has 0 aliphatic heterocycles. The lowest BCUT2D eigenvalue weighted by molar-refractivity contribution is -0.121. The van der Waals surface area contributed by atoms with Crippen molar-refractivity contribution in [1.29, 1.82) is 0 Å². The maximum Gasteiger partial charge on any atom is 0.264 e. The van der Waals surface area contributed by atoms with Crippen molar-refractivity contribution in [3.05, 3.63) is 0 Å². The average Bonchev–Trinajstić information content (AvgIpc) is 2.74. The molecule has 0 heterocycles. The van der Waals surface area contributed by atoms with Crippen molar-refractivity contribution in [3.8, 4) is 0 Å². The van der Waals surface area contributed by atoms with Crippen molar-refractivity contribution in [2.45, 2.75) is 148 Å². The molecule has 0 radical (unpaired) electrons. The van der Waals surface area contributed by atoms with Crippen LogP contribution in [0.3, 0.4) is 0 Å². The summed E-state index contributed by atoms with van der Waals surface area (Å²) in [5, 5.41) is 2.70. The first kappa shape index (κ1) is 31.4. The molecule has 32 heavy (non-hydrogen) atoms. The number of hydrogen-bond acceptors (Lipinski definition) is 3. The summed E-state index contributed by atoms with van der Waals surface area (Å²) in [6.45, 7) is 2.58. The molecule has 192 valence electrons. The van der Waals surface area contributed by atoms with Gasteiger partial charge in [0.05, 0.1) is 5.75 Å². The molecule has 0 rings (SSSR count). The number of hydrogen-bond donors (Lipinski definition) is 2.